The zero-order chi connectivity index (χ0) is 12.9. The summed E-state index contributed by atoms with van der Waals surface area (Å²) < 4.78 is 23.7. The van der Waals surface area contributed by atoms with Crippen LogP contribution in [0.3, 0.4) is 0 Å². The van der Waals surface area contributed by atoms with Crippen molar-refractivity contribution >= 4 is 51.1 Å². The van der Waals surface area contributed by atoms with Gasteiger partial charge in [-0.25, -0.2) is 8.42 Å². The van der Waals surface area contributed by atoms with E-state index in [2.05, 4.69) is 15.6 Å². The Morgan fingerprint density at radius 2 is 2.11 bits per heavy atom. The number of sulfone groups is 1. The highest BCUT2D eigenvalue weighted by Crippen LogP contribution is 2.22. The average molecular weight is 403 g/mol. The van der Waals surface area contributed by atoms with Crippen molar-refractivity contribution in [3.8, 4) is 0 Å². The number of guanidine groups is 1. The number of halogens is 1. The summed E-state index contributed by atoms with van der Waals surface area (Å²) in [5.74, 6) is 0.816. The summed E-state index contributed by atoms with van der Waals surface area (Å²) in [4.78, 5) is 4.94. The summed E-state index contributed by atoms with van der Waals surface area (Å²) in [5, 5.41) is 5.97. The van der Waals surface area contributed by atoms with Gasteiger partial charge in [-0.15, -0.1) is 35.3 Å². The number of thiophene rings is 1. The molecule has 1 heterocycles. The number of aliphatic imine (C=N–C) groups is 1. The van der Waals surface area contributed by atoms with Crippen LogP contribution in [0.1, 0.15) is 11.8 Å². The van der Waals surface area contributed by atoms with E-state index in [-0.39, 0.29) is 29.7 Å². The molecular formula is C10H18IN3O2S2. The third kappa shape index (κ3) is 4.73. The molecule has 2 N–H and O–H groups in total. The van der Waals surface area contributed by atoms with Crippen LogP contribution in [0.15, 0.2) is 21.3 Å². The summed E-state index contributed by atoms with van der Waals surface area (Å²) in [7, 11) is 0.373. The Labute approximate surface area is 129 Å². The minimum absolute atomic E-state index is 0. The third-order valence-corrected chi connectivity index (χ3v) is 5.61. The largest absolute Gasteiger partial charge is 0.359 e. The van der Waals surface area contributed by atoms with Gasteiger partial charge in [-0.1, -0.05) is 6.92 Å². The molecule has 0 radical (unpaired) electrons. The normalized spacial score (nSPS) is 11.8. The number of rotatable bonds is 4. The van der Waals surface area contributed by atoms with Gasteiger partial charge >= 0.3 is 0 Å². The highest BCUT2D eigenvalue weighted by atomic mass is 127. The highest BCUT2D eigenvalue weighted by Gasteiger charge is 2.14. The SMILES string of the molecule is CCS(=O)(=O)c1ccc(CNC(=NC)NC)s1.I. The van der Waals surface area contributed by atoms with Crippen LogP contribution in [0, 0.1) is 0 Å². The molecule has 8 heteroatoms. The first-order valence-corrected chi connectivity index (χ1v) is 7.70. The van der Waals surface area contributed by atoms with E-state index in [0.717, 1.165) is 4.88 Å². The Morgan fingerprint density at radius 3 is 2.61 bits per heavy atom. The third-order valence-electron chi connectivity index (χ3n) is 2.21. The van der Waals surface area contributed by atoms with E-state index in [1.807, 2.05) is 6.07 Å². The fraction of sp³-hybridized carbons (Fsp3) is 0.500. The molecule has 104 valence electrons. The minimum Gasteiger partial charge on any atom is -0.359 e. The fourth-order valence-electron chi connectivity index (χ4n) is 1.21. The lowest BCUT2D eigenvalue weighted by molar-refractivity contribution is 0.599. The first-order chi connectivity index (χ1) is 8.03. The van der Waals surface area contributed by atoms with Gasteiger partial charge in [-0.2, -0.15) is 0 Å². The maximum absolute atomic E-state index is 11.6. The predicted octanol–water partition coefficient (Wildman–Crippen LogP) is 1.45. The maximum Gasteiger partial charge on any atom is 0.191 e. The highest BCUT2D eigenvalue weighted by molar-refractivity contribution is 14.0. The first kappa shape index (κ1) is 17.6. The molecule has 1 aromatic rings. The Hall–Kier alpha value is -0.350. The van der Waals surface area contributed by atoms with Crippen molar-refractivity contribution in [3.63, 3.8) is 0 Å². The zero-order valence-corrected chi connectivity index (χ0v) is 14.5. The molecule has 0 saturated heterocycles. The molecule has 0 atom stereocenters. The smallest absolute Gasteiger partial charge is 0.191 e. The molecular weight excluding hydrogens is 385 g/mol. The second kappa shape index (κ2) is 7.95. The number of nitrogens with zero attached hydrogens (tertiary/aromatic N) is 1. The van der Waals surface area contributed by atoms with Crippen LogP contribution in [-0.4, -0.2) is 34.2 Å². The number of hydrogen-bond donors (Lipinski definition) is 2. The second-order valence-electron chi connectivity index (χ2n) is 3.30. The van der Waals surface area contributed by atoms with Gasteiger partial charge in [0, 0.05) is 19.0 Å². The van der Waals surface area contributed by atoms with Crippen LogP contribution in [-0.2, 0) is 16.4 Å². The molecule has 0 aromatic carbocycles. The van der Waals surface area contributed by atoms with E-state index in [9.17, 15) is 8.42 Å². The molecule has 0 aliphatic rings. The van der Waals surface area contributed by atoms with Crippen molar-refractivity contribution in [2.24, 2.45) is 4.99 Å². The average Bonchev–Trinajstić information content (AvgIpc) is 2.80. The summed E-state index contributed by atoms with van der Waals surface area (Å²) in [5.41, 5.74) is 0. The minimum atomic E-state index is -3.08. The van der Waals surface area contributed by atoms with E-state index in [0.29, 0.717) is 16.7 Å². The van der Waals surface area contributed by atoms with Crippen LogP contribution in [0.25, 0.3) is 0 Å². The van der Waals surface area contributed by atoms with Crippen LogP contribution < -0.4 is 10.6 Å². The van der Waals surface area contributed by atoms with Gasteiger partial charge in [-0.3, -0.25) is 4.99 Å². The summed E-state index contributed by atoms with van der Waals surface area (Å²) in [6, 6.07) is 3.48. The molecule has 0 amide bonds. The van der Waals surface area contributed by atoms with E-state index in [4.69, 9.17) is 0 Å². The van der Waals surface area contributed by atoms with Gasteiger partial charge in [0.2, 0.25) is 0 Å². The molecule has 0 bridgehead atoms. The molecule has 5 nitrogen and oxygen atoms in total. The monoisotopic (exact) mass is 403 g/mol. The van der Waals surface area contributed by atoms with Crippen molar-refractivity contribution < 1.29 is 8.42 Å². The standard InChI is InChI=1S/C10H17N3O2S2.HI/c1-4-17(14,15)9-6-5-8(16-9)7-13-10(11-2)12-3;/h5-6H,4,7H2,1-3H3,(H2,11,12,13);1H. The molecule has 1 aromatic heterocycles. The van der Waals surface area contributed by atoms with Gasteiger partial charge in [0.1, 0.15) is 4.21 Å². The topological polar surface area (TPSA) is 70.6 Å². The van der Waals surface area contributed by atoms with E-state index in [1.54, 1.807) is 27.1 Å². The molecule has 0 saturated carbocycles. The quantitative estimate of drug-likeness (QED) is 0.454. The Kier molecular flexibility index (Phi) is 7.79. The maximum atomic E-state index is 11.6. The van der Waals surface area contributed by atoms with E-state index < -0.39 is 9.84 Å². The Bertz CT molecular complexity index is 497. The lowest BCUT2D eigenvalue weighted by Gasteiger charge is -2.06. The summed E-state index contributed by atoms with van der Waals surface area (Å²) in [6.45, 7) is 2.22. The lowest BCUT2D eigenvalue weighted by Crippen LogP contribution is -2.33. The molecule has 0 aliphatic heterocycles. The molecule has 0 spiro atoms. The zero-order valence-electron chi connectivity index (χ0n) is 10.6. The van der Waals surface area contributed by atoms with Crippen molar-refractivity contribution in [2.45, 2.75) is 17.7 Å². The van der Waals surface area contributed by atoms with Crippen LogP contribution in [0.2, 0.25) is 0 Å². The molecule has 18 heavy (non-hydrogen) atoms. The molecule has 1 rings (SSSR count). The summed E-state index contributed by atoms with van der Waals surface area (Å²) in [6.07, 6.45) is 0. The van der Waals surface area contributed by atoms with Crippen molar-refractivity contribution in [1.29, 1.82) is 0 Å². The fourth-order valence-corrected chi connectivity index (χ4v) is 3.63. The van der Waals surface area contributed by atoms with Crippen molar-refractivity contribution in [2.75, 3.05) is 19.8 Å². The second-order valence-corrected chi connectivity index (χ2v) is 6.97. The van der Waals surface area contributed by atoms with E-state index >= 15 is 0 Å². The van der Waals surface area contributed by atoms with Gasteiger partial charge < -0.3 is 10.6 Å². The molecule has 0 fully saturated rings. The first-order valence-electron chi connectivity index (χ1n) is 5.23. The number of nitrogens with one attached hydrogen (secondary N) is 2. The Balaban J connectivity index is 0.00000289. The summed E-state index contributed by atoms with van der Waals surface area (Å²) >= 11 is 1.29. The van der Waals surface area contributed by atoms with Crippen LogP contribution >= 0.6 is 35.3 Å². The lowest BCUT2D eigenvalue weighted by atomic mass is 10.5. The van der Waals surface area contributed by atoms with Crippen LogP contribution in [0.4, 0.5) is 0 Å². The Morgan fingerprint density at radius 1 is 1.44 bits per heavy atom. The number of hydrogen-bond acceptors (Lipinski definition) is 4. The van der Waals surface area contributed by atoms with Gasteiger partial charge in [0.05, 0.1) is 12.3 Å². The van der Waals surface area contributed by atoms with Gasteiger partial charge in [0.25, 0.3) is 0 Å². The van der Waals surface area contributed by atoms with Crippen molar-refractivity contribution in [3.05, 3.63) is 17.0 Å². The predicted molar refractivity (Wildman–Crippen MR) is 86.7 cm³/mol. The van der Waals surface area contributed by atoms with Crippen molar-refractivity contribution in [1.82, 2.24) is 10.6 Å². The van der Waals surface area contributed by atoms with Gasteiger partial charge in [-0.05, 0) is 12.1 Å². The van der Waals surface area contributed by atoms with Crippen LogP contribution in [0.5, 0.6) is 0 Å². The van der Waals surface area contributed by atoms with E-state index in [1.165, 1.54) is 11.3 Å². The molecule has 0 aliphatic carbocycles. The molecule has 0 unspecified atom stereocenters. The van der Waals surface area contributed by atoms with Gasteiger partial charge in [0.15, 0.2) is 15.8 Å².